The molecule has 2 aromatic rings. The van der Waals surface area contributed by atoms with Gasteiger partial charge in [-0.25, -0.2) is 8.42 Å². The SMILES string of the molecule is CCN(CC)C1CCN(C2=NCCOc3ccc(-c4ccc(S(=O)(=O)C(F)(F)F)cc4)cc32)C1. The maximum absolute atomic E-state index is 12.9. The number of benzene rings is 2. The molecule has 0 aromatic heterocycles. The van der Waals surface area contributed by atoms with Crippen LogP contribution in [0.3, 0.4) is 0 Å². The summed E-state index contributed by atoms with van der Waals surface area (Å²) in [6.07, 6.45) is 1.05. The van der Waals surface area contributed by atoms with Crippen molar-refractivity contribution in [1.29, 1.82) is 0 Å². The number of aliphatic imine (C=N–C) groups is 1. The third kappa shape index (κ3) is 4.65. The van der Waals surface area contributed by atoms with Crippen molar-refractivity contribution in [3.8, 4) is 16.9 Å². The minimum absolute atomic E-state index is 0.455. The van der Waals surface area contributed by atoms with Crippen LogP contribution in [-0.4, -0.2) is 74.9 Å². The van der Waals surface area contributed by atoms with E-state index in [9.17, 15) is 21.6 Å². The molecule has 1 saturated heterocycles. The van der Waals surface area contributed by atoms with E-state index in [0.717, 1.165) is 61.7 Å². The van der Waals surface area contributed by atoms with Gasteiger partial charge in [-0.3, -0.25) is 9.89 Å². The van der Waals surface area contributed by atoms with Gasteiger partial charge in [-0.2, -0.15) is 13.2 Å². The summed E-state index contributed by atoms with van der Waals surface area (Å²) in [6, 6.07) is 10.8. The number of sulfone groups is 1. The first kappa shape index (κ1) is 24.5. The first-order valence-electron chi connectivity index (χ1n) is 11.4. The summed E-state index contributed by atoms with van der Waals surface area (Å²) in [6.45, 7) is 9.06. The lowest BCUT2D eigenvalue weighted by Gasteiger charge is -2.27. The van der Waals surface area contributed by atoms with Gasteiger partial charge in [-0.05, 0) is 54.9 Å². The van der Waals surface area contributed by atoms with Crippen LogP contribution in [0, 0.1) is 0 Å². The Morgan fingerprint density at radius 3 is 2.41 bits per heavy atom. The zero-order valence-electron chi connectivity index (χ0n) is 19.2. The Bertz CT molecular complexity index is 1160. The van der Waals surface area contributed by atoms with Gasteiger partial charge in [0.05, 0.1) is 17.0 Å². The van der Waals surface area contributed by atoms with E-state index >= 15 is 0 Å². The molecule has 2 heterocycles. The standard InChI is InChI=1S/C24H28F3N3O3S/c1-3-29(4-2)19-11-13-30(16-19)23-21-15-18(7-10-22(21)33-14-12-28-23)17-5-8-20(9-6-17)34(31,32)24(25,26)27/h5-10,15,19H,3-4,11-14,16H2,1-2H3. The number of amidine groups is 1. The zero-order valence-corrected chi connectivity index (χ0v) is 20.0. The normalized spacial score (nSPS) is 18.9. The van der Waals surface area contributed by atoms with Crippen LogP contribution in [0.1, 0.15) is 25.8 Å². The number of halogens is 3. The van der Waals surface area contributed by atoms with Crippen molar-refractivity contribution in [3.05, 3.63) is 48.0 Å². The second kappa shape index (κ2) is 9.58. The quantitative estimate of drug-likeness (QED) is 0.622. The molecule has 0 aliphatic carbocycles. The minimum Gasteiger partial charge on any atom is -0.491 e. The van der Waals surface area contributed by atoms with Crippen LogP contribution in [0.25, 0.3) is 11.1 Å². The number of rotatable bonds is 5. The number of alkyl halides is 3. The van der Waals surface area contributed by atoms with Crippen LogP contribution in [0.4, 0.5) is 13.2 Å². The average Bonchev–Trinajstić information content (AvgIpc) is 3.19. The molecule has 2 aliphatic rings. The maximum atomic E-state index is 12.9. The Morgan fingerprint density at radius 1 is 1.09 bits per heavy atom. The van der Waals surface area contributed by atoms with Crippen molar-refractivity contribution in [2.75, 3.05) is 39.3 Å². The van der Waals surface area contributed by atoms with E-state index in [-0.39, 0.29) is 0 Å². The van der Waals surface area contributed by atoms with Crippen molar-refractivity contribution in [1.82, 2.24) is 9.80 Å². The Kier molecular flexibility index (Phi) is 6.91. The molecular weight excluding hydrogens is 467 g/mol. The number of fused-ring (bicyclic) bond motifs is 1. The van der Waals surface area contributed by atoms with Crippen LogP contribution in [0.15, 0.2) is 52.4 Å². The van der Waals surface area contributed by atoms with Crippen LogP contribution in [0.5, 0.6) is 5.75 Å². The van der Waals surface area contributed by atoms with E-state index in [1.54, 1.807) is 0 Å². The molecule has 34 heavy (non-hydrogen) atoms. The first-order valence-corrected chi connectivity index (χ1v) is 12.9. The maximum Gasteiger partial charge on any atom is 0.501 e. The predicted octanol–water partition coefficient (Wildman–Crippen LogP) is 4.20. The summed E-state index contributed by atoms with van der Waals surface area (Å²) >= 11 is 0. The molecule has 10 heteroatoms. The smallest absolute Gasteiger partial charge is 0.491 e. The second-order valence-corrected chi connectivity index (χ2v) is 10.3. The summed E-state index contributed by atoms with van der Waals surface area (Å²) in [4.78, 5) is 8.74. The molecule has 2 aromatic carbocycles. The predicted molar refractivity (Wildman–Crippen MR) is 125 cm³/mol. The summed E-state index contributed by atoms with van der Waals surface area (Å²) in [7, 11) is -5.38. The lowest BCUT2D eigenvalue weighted by atomic mass is 10.0. The molecule has 0 radical (unpaired) electrons. The molecule has 0 saturated carbocycles. The van der Waals surface area contributed by atoms with Gasteiger partial charge < -0.3 is 9.64 Å². The molecule has 0 N–H and O–H groups in total. The second-order valence-electron chi connectivity index (χ2n) is 8.35. The number of ether oxygens (including phenoxy) is 1. The summed E-state index contributed by atoms with van der Waals surface area (Å²) in [5.74, 6) is 1.57. The minimum atomic E-state index is -5.38. The molecule has 6 nitrogen and oxygen atoms in total. The molecule has 0 bridgehead atoms. The van der Waals surface area contributed by atoms with E-state index in [1.165, 1.54) is 12.1 Å². The van der Waals surface area contributed by atoms with E-state index in [1.807, 2.05) is 18.2 Å². The van der Waals surface area contributed by atoms with Gasteiger partial charge in [-0.1, -0.05) is 32.0 Å². The number of hydrogen-bond donors (Lipinski definition) is 0. The summed E-state index contributed by atoms with van der Waals surface area (Å²) < 4.78 is 67.8. The van der Waals surface area contributed by atoms with Crippen molar-refractivity contribution in [2.24, 2.45) is 4.99 Å². The summed E-state index contributed by atoms with van der Waals surface area (Å²) in [5, 5.41) is 0. The molecule has 2 aliphatic heterocycles. The summed E-state index contributed by atoms with van der Waals surface area (Å²) in [5.41, 5.74) is -3.15. The van der Waals surface area contributed by atoms with E-state index in [4.69, 9.17) is 9.73 Å². The Hall–Kier alpha value is -2.59. The van der Waals surface area contributed by atoms with Gasteiger partial charge in [0.25, 0.3) is 9.84 Å². The van der Waals surface area contributed by atoms with Crippen LogP contribution < -0.4 is 4.74 Å². The Morgan fingerprint density at radius 2 is 1.76 bits per heavy atom. The molecule has 1 fully saturated rings. The molecule has 1 atom stereocenters. The number of likely N-dealkylation sites (N-methyl/N-ethyl adjacent to an activating group) is 1. The van der Waals surface area contributed by atoms with Crippen molar-refractivity contribution >= 4 is 15.7 Å². The van der Waals surface area contributed by atoms with E-state index in [2.05, 4.69) is 23.6 Å². The van der Waals surface area contributed by atoms with E-state index < -0.39 is 20.2 Å². The molecule has 184 valence electrons. The fourth-order valence-electron chi connectivity index (χ4n) is 4.61. The highest BCUT2D eigenvalue weighted by Gasteiger charge is 2.46. The number of likely N-dealkylation sites (tertiary alicyclic amines) is 1. The number of nitrogens with zero attached hydrogens (tertiary/aromatic N) is 3. The topological polar surface area (TPSA) is 62.2 Å². The fourth-order valence-corrected chi connectivity index (χ4v) is 5.37. The Labute approximate surface area is 198 Å². The van der Waals surface area contributed by atoms with Gasteiger partial charge in [0, 0.05) is 19.1 Å². The van der Waals surface area contributed by atoms with Crippen LogP contribution in [-0.2, 0) is 9.84 Å². The van der Waals surface area contributed by atoms with Crippen LogP contribution >= 0.6 is 0 Å². The largest absolute Gasteiger partial charge is 0.501 e. The van der Waals surface area contributed by atoms with E-state index in [0.29, 0.717) is 30.5 Å². The monoisotopic (exact) mass is 495 g/mol. The lowest BCUT2D eigenvalue weighted by Crippen LogP contribution is -2.38. The highest BCUT2D eigenvalue weighted by molar-refractivity contribution is 7.92. The van der Waals surface area contributed by atoms with Crippen molar-refractivity contribution in [3.63, 3.8) is 0 Å². The molecule has 0 amide bonds. The van der Waals surface area contributed by atoms with Gasteiger partial charge in [-0.15, -0.1) is 0 Å². The third-order valence-corrected chi connectivity index (χ3v) is 7.93. The van der Waals surface area contributed by atoms with Crippen molar-refractivity contribution < 1.29 is 26.3 Å². The first-order chi connectivity index (χ1) is 16.2. The molecule has 1 unspecified atom stereocenters. The van der Waals surface area contributed by atoms with Crippen molar-refractivity contribution in [2.45, 2.75) is 36.7 Å². The average molecular weight is 496 g/mol. The fraction of sp³-hybridized carbons (Fsp3) is 0.458. The Balaban J connectivity index is 1.64. The molecule has 0 spiro atoms. The number of hydrogen-bond acceptors (Lipinski definition) is 6. The van der Waals surface area contributed by atoms with Gasteiger partial charge >= 0.3 is 5.51 Å². The third-order valence-electron chi connectivity index (χ3n) is 6.43. The highest BCUT2D eigenvalue weighted by atomic mass is 32.2. The van der Waals surface area contributed by atoms with Gasteiger partial charge in [0.2, 0.25) is 0 Å². The molecular formula is C24H28F3N3O3S. The molecule has 4 rings (SSSR count). The van der Waals surface area contributed by atoms with Gasteiger partial charge in [0.1, 0.15) is 18.2 Å². The highest BCUT2D eigenvalue weighted by Crippen LogP contribution is 2.34. The van der Waals surface area contributed by atoms with Crippen LogP contribution in [0.2, 0.25) is 0 Å². The lowest BCUT2D eigenvalue weighted by molar-refractivity contribution is -0.0436. The van der Waals surface area contributed by atoms with Gasteiger partial charge in [0.15, 0.2) is 0 Å². The zero-order chi connectivity index (χ0) is 24.5.